The molecular formula is C20H19N5O2. The minimum Gasteiger partial charge on any atom is -0.497 e. The summed E-state index contributed by atoms with van der Waals surface area (Å²) in [6.45, 7) is 1.08. The normalized spacial score (nSPS) is 10.9. The first kappa shape index (κ1) is 16.8. The summed E-state index contributed by atoms with van der Waals surface area (Å²) in [6, 6.07) is 13.2. The maximum absolute atomic E-state index is 12.4. The van der Waals surface area contributed by atoms with Gasteiger partial charge in [-0.2, -0.15) is 0 Å². The van der Waals surface area contributed by atoms with Crippen LogP contribution in [-0.4, -0.2) is 39.1 Å². The lowest BCUT2D eigenvalue weighted by Crippen LogP contribution is -2.27. The highest BCUT2D eigenvalue weighted by Crippen LogP contribution is 2.21. The van der Waals surface area contributed by atoms with Gasteiger partial charge in [0.1, 0.15) is 17.1 Å². The van der Waals surface area contributed by atoms with Crippen molar-refractivity contribution in [3.63, 3.8) is 0 Å². The second-order valence-corrected chi connectivity index (χ2v) is 6.05. The molecule has 7 heteroatoms. The number of imidazole rings is 1. The molecule has 136 valence electrons. The second-order valence-electron chi connectivity index (χ2n) is 6.05. The number of ether oxygens (including phenoxy) is 1. The number of carbonyl (C=O) groups is 1. The van der Waals surface area contributed by atoms with Crippen LogP contribution in [0.2, 0.25) is 0 Å². The van der Waals surface area contributed by atoms with Crippen LogP contribution < -0.4 is 10.1 Å². The molecule has 1 amide bonds. The first-order valence-electron chi connectivity index (χ1n) is 8.62. The summed E-state index contributed by atoms with van der Waals surface area (Å²) in [7, 11) is 1.62. The van der Waals surface area contributed by atoms with E-state index >= 15 is 0 Å². The Morgan fingerprint density at radius 2 is 2.11 bits per heavy atom. The van der Waals surface area contributed by atoms with Crippen molar-refractivity contribution >= 4 is 16.8 Å². The van der Waals surface area contributed by atoms with Gasteiger partial charge in [-0.25, -0.2) is 4.98 Å². The number of methoxy groups -OCH3 is 1. The molecule has 0 spiro atoms. The van der Waals surface area contributed by atoms with Crippen LogP contribution >= 0.6 is 0 Å². The Balaban J connectivity index is 1.41. The van der Waals surface area contributed by atoms with Gasteiger partial charge >= 0.3 is 0 Å². The van der Waals surface area contributed by atoms with Crippen molar-refractivity contribution in [2.75, 3.05) is 13.7 Å². The third kappa shape index (κ3) is 3.52. The highest BCUT2D eigenvalue weighted by molar-refractivity contribution is 5.98. The Hall–Kier alpha value is -3.61. The van der Waals surface area contributed by atoms with Crippen LogP contribution in [-0.2, 0) is 6.54 Å². The molecule has 3 aromatic heterocycles. The lowest BCUT2D eigenvalue weighted by molar-refractivity contribution is 0.0948. The molecule has 27 heavy (non-hydrogen) atoms. The van der Waals surface area contributed by atoms with Crippen LogP contribution in [0, 0.1) is 0 Å². The van der Waals surface area contributed by atoms with Crippen LogP contribution in [0.25, 0.3) is 22.4 Å². The van der Waals surface area contributed by atoms with E-state index in [1.54, 1.807) is 19.5 Å². The molecule has 0 saturated carbocycles. The molecule has 0 radical (unpaired) electrons. The molecule has 0 aliphatic heterocycles. The molecule has 4 aromatic rings. The Morgan fingerprint density at radius 3 is 2.93 bits per heavy atom. The number of aromatic nitrogens is 4. The number of hydrogen-bond acceptors (Lipinski definition) is 4. The van der Waals surface area contributed by atoms with Crippen LogP contribution in [0.5, 0.6) is 5.75 Å². The van der Waals surface area contributed by atoms with E-state index in [1.807, 2.05) is 53.2 Å². The number of benzene rings is 1. The quantitative estimate of drug-likeness (QED) is 0.553. The monoisotopic (exact) mass is 361 g/mol. The first-order chi connectivity index (χ1) is 13.2. The Morgan fingerprint density at radius 1 is 1.19 bits per heavy atom. The topological polar surface area (TPSA) is 84.8 Å². The summed E-state index contributed by atoms with van der Waals surface area (Å²) >= 11 is 0. The zero-order valence-corrected chi connectivity index (χ0v) is 14.8. The van der Waals surface area contributed by atoms with Crippen molar-refractivity contribution in [2.24, 2.45) is 0 Å². The molecule has 0 unspecified atom stereocenters. The second kappa shape index (κ2) is 7.33. The number of carbonyl (C=O) groups excluding carboxylic acids is 1. The van der Waals surface area contributed by atoms with Gasteiger partial charge < -0.3 is 19.6 Å². The van der Waals surface area contributed by atoms with Gasteiger partial charge in [-0.15, -0.1) is 0 Å². The fraction of sp³-hybridized carbons (Fsp3) is 0.150. The van der Waals surface area contributed by atoms with Crippen molar-refractivity contribution in [1.82, 2.24) is 24.8 Å². The smallest absolute Gasteiger partial charge is 0.267 e. The molecule has 0 aliphatic carbocycles. The number of amides is 1. The van der Waals surface area contributed by atoms with E-state index < -0.39 is 0 Å². The molecule has 0 saturated heterocycles. The molecule has 4 rings (SSSR count). The molecular weight excluding hydrogens is 342 g/mol. The van der Waals surface area contributed by atoms with Crippen molar-refractivity contribution in [1.29, 1.82) is 0 Å². The fourth-order valence-electron chi connectivity index (χ4n) is 2.96. The lowest BCUT2D eigenvalue weighted by Gasteiger charge is -2.08. The summed E-state index contributed by atoms with van der Waals surface area (Å²) in [5.74, 6) is 1.38. The number of fused-ring (bicyclic) bond motifs is 1. The molecule has 2 N–H and O–H groups in total. The predicted molar refractivity (Wildman–Crippen MR) is 103 cm³/mol. The van der Waals surface area contributed by atoms with E-state index in [-0.39, 0.29) is 5.91 Å². The third-order valence-corrected chi connectivity index (χ3v) is 4.32. The highest BCUT2D eigenvalue weighted by atomic mass is 16.5. The zero-order chi connectivity index (χ0) is 18.6. The Bertz CT molecular complexity index is 1070. The Kier molecular flexibility index (Phi) is 4.57. The SMILES string of the molecule is COc1ccc2cc(C(=O)NCCn3ccnc3-c3ccccn3)[nH]c2c1. The van der Waals surface area contributed by atoms with E-state index in [0.717, 1.165) is 28.2 Å². The number of rotatable bonds is 6. The van der Waals surface area contributed by atoms with Crippen molar-refractivity contribution in [2.45, 2.75) is 6.54 Å². The van der Waals surface area contributed by atoms with Gasteiger partial charge in [-0.1, -0.05) is 6.07 Å². The highest BCUT2D eigenvalue weighted by Gasteiger charge is 2.11. The largest absolute Gasteiger partial charge is 0.497 e. The Labute approximate surface area is 156 Å². The number of H-pyrrole nitrogens is 1. The van der Waals surface area contributed by atoms with Crippen LogP contribution in [0.15, 0.2) is 61.1 Å². The van der Waals surface area contributed by atoms with Gasteiger partial charge in [0.25, 0.3) is 5.91 Å². The van der Waals surface area contributed by atoms with Crippen LogP contribution in [0.1, 0.15) is 10.5 Å². The van der Waals surface area contributed by atoms with Crippen molar-refractivity contribution < 1.29 is 9.53 Å². The van der Waals surface area contributed by atoms with E-state index in [9.17, 15) is 4.79 Å². The van der Waals surface area contributed by atoms with Crippen LogP contribution in [0.3, 0.4) is 0 Å². The molecule has 1 aromatic carbocycles. The minimum atomic E-state index is -0.148. The van der Waals surface area contributed by atoms with E-state index in [0.29, 0.717) is 18.8 Å². The lowest BCUT2D eigenvalue weighted by atomic mass is 10.2. The molecule has 0 bridgehead atoms. The maximum atomic E-state index is 12.4. The van der Waals surface area contributed by atoms with E-state index in [2.05, 4.69) is 20.3 Å². The van der Waals surface area contributed by atoms with Gasteiger partial charge in [-0.3, -0.25) is 9.78 Å². The summed E-state index contributed by atoms with van der Waals surface area (Å²) in [4.78, 5) is 24.3. The fourth-order valence-corrected chi connectivity index (χ4v) is 2.96. The van der Waals surface area contributed by atoms with E-state index in [4.69, 9.17) is 4.74 Å². The zero-order valence-electron chi connectivity index (χ0n) is 14.8. The molecule has 3 heterocycles. The van der Waals surface area contributed by atoms with Crippen LogP contribution in [0.4, 0.5) is 0 Å². The third-order valence-electron chi connectivity index (χ3n) is 4.32. The maximum Gasteiger partial charge on any atom is 0.267 e. The van der Waals surface area contributed by atoms with Gasteiger partial charge in [0.2, 0.25) is 0 Å². The number of nitrogens with zero attached hydrogens (tertiary/aromatic N) is 3. The number of pyridine rings is 1. The average molecular weight is 361 g/mol. The number of hydrogen-bond donors (Lipinski definition) is 2. The first-order valence-corrected chi connectivity index (χ1v) is 8.62. The standard InChI is InChI=1S/C20H19N5O2/c1-27-15-6-5-14-12-18(24-17(14)13-15)20(26)23-9-11-25-10-8-22-19(25)16-4-2-3-7-21-16/h2-8,10,12-13,24H,9,11H2,1H3,(H,23,26). The summed E-state index contributed by atoms with van der Waals surface area (Å²) < 4.78 is 7.18. The average Bonchev–Trinajstić information content (AvgIpc) is 3.34. The summed E-state index contributed by atoms with van der Waals surface area (Å²) in [6.07, 6.45) is 5.35. The van der Waals surface area contributed by atoms with Crippen molar-refractivity contribution in [3.8, 4) is 17.3 Å². The minimum absolute atomic E-state index is 0.148. The molecule has 7 nitrogen and oxygen atoms in total. The van der Waals surface area contributed by atoms with Gasteiger partial charge in [0, 0.05) is 48.6 Å². The molecule has 0 aliphatic rings. The number of aromatic amines is 1. The van der Waals surface area contributed by atoms with Gasteiger partial charge in [-0.05, 0) is 30.3 Å². The summed E-state index contributed by atoms with van der Waals surface area (Å²) in [5, 5.41) is 3.90. The van der Waals surface area contributed by atoms with Gasteiger partial charge in [0.05, 0.1) is 7.11 Å². The van der Waals surface area contributed by atoms with Gasteiger partial charge in [0.15, 0.2) is 5.82 Å². The van der Waals surface area contributed by atoms with Crippen molar-refractivity contribution in [3.05, 3.63) is 66.7 Å². The predicted octanol–water partition coefficient (Wildman–Crippen LogP) is 2.87. The van der Waals surface area contributed by atoms with E-state index in [1.165, 1.54) is 0 Å². The molecule has 0 fully saturated rings. The number of nitrogens with one attached hydrogen (secondary N) is 2. The summed E-state index contributed by atoms with van der Waals surface area (Å²) in [5.41, 5.74) is 2.19. The molecule has 0 atom stereocenters.